The van der Waals surface area contributed by atoms with E-state index in [1.54, 1.807) is 7.11 Å². The summed E-state index contributed by atoms with van der Waals surface area (Å²) in [6.45, 7) is 3.47. The van der Waals surface area contributed by atoms with Crippen LogP contribution in [-0.2, 0) is 6.54 Å². The number of ether oxygens (including phenoxy) is 1. The molecule has 0 bridgehead atoms. The molecule has 0 fully saturated rings. The van der Waals surface area contributed by atoms with Gasteiger partial charge in [-0.05, 0) is 18.7 Å². The van der Waals surface area contributed by atoms with Crippen molar-refractivity contribution in [2.45, 2.75) is 13.5 Å². The Hall–Kier alpha value is -1.88. The van der Waals surface area contributed by atoms with Gasteiger partial charge in [-0.15, -0.1) is 0 Å². The van der Waals surface area contributed by atoms with Crippen LogP contribution in [0.2, 0.25) is 0 Å². The fourth-order valence-corrected chi connectivity index (χ4v) is 1.50. The van der Waals surface area contributed by atoms with Crippen LogP contribution >= 0.6 is 0 Å². The molecule has 0 atom stereocenters. The van der Waals surface area contributed by atoms with Gasteiger partial charge in [0.05, 0.1) is 19.2 Å². The molecular formula is C12H15N3O2. The molecule has 5 nitrogen and oxygen atoms in total. The van der Waals surface area contributed by atoms with Crippen LogP contribution in [0.1, 0.15) is 12.8 Å². The van der Waals surface area contributed by atoms with E-state index in [0.29, 0.717) is 18.3 Å². The molecule has 1 aromatic carbocycles. The Morgan fingerprint density at radius 2 is 2.18 bits per heavy atom. The van der Waals surface area contributed by atoms with Crippen LogP contribution in [0, 0.1) is 0 Å². The summed E-state index contributed by atoms with van der Waals surface area (Å²) in [4.78, 5) is 4.31. The van der Waals surface area contributed by atoms with Crippen molar-refractivity contribution in [2.24, 2.45) is 0 Å². The lowest BCUT2D eigenvalue weighted by Crippen LogP contribution is -2.11. The molecule has 90 valence electrons. The van der Waals surface area contributed by atoms with Crippen LogP contribution in [0.3, 0.4) is 0 Å². The molecule has 0 aliphatic carbocycles. The summed E-state index contributed by atoms with van der Waals surface area (Å²) in [5.74, 6) is 1.87. The van der Waals surface area contributed by atoms with Crippen molar-refractivity contribution < 1.29 is 9.26 Å². The second-order valence-corrected chi connectivity index (χ2v) is 3.49. The lowest BCUT2D eigenvalue weighted by atomic mass is 10.2. The van der Waals surface area contributed by atoms with Gasteiger partial charge in [-0.3, -0.25) is 0 Å². The SMILES string of the molecule is CCNCc1nc(-c2ccccc2OC)no1. The molecule has 1 heterocycles. The Bertz CT molecular complexity index is 482. The van der Waals surface area contributed by atoms with Crippen LogP contribution in [0.4, 0.5) is 0 Å². The van der Waals surface area contributed by atoms with Crippen LogP contribution in [-0.4, -0.2) is 23.8 Å². The first kappa shape index (κ1) is 11.6. The molecule has 17 heavy (non-hydrogen) atoms. The van der Waals surface area contributed by atoms with E-state index in [-0.39, 0.29) is 0 Å². The van der Waals surface area contributed by atoms with E-state index in [4.69, 9.17) is 9.26 Å². The van der Waals surface area contributed by atoms with Crippen molar-refractivity contribution in [1.29, 1.82) is 0 Å². The fourth-order valence-electron chi connectivity index (χ4n) is 1.50. The van der Waals surface area contributed by atoms with Gasteiger partial charge in [0.2, 0.25) is 11.7 Å². The molecule has 0 saturated carbocycles. The van der Waals surface area contributed by atoms with Crippen molar-refractivity contribution in [3.8, 4) is 17.1 Å². The summed E-state index contributed by atoms with van der Waals surface area (Å²) >= 11 is 0. The number of rotatable bonds is 5. The number of benzene rings is 1. The molecule has 0 unspecified atom stereocenters. The smallest absolute Gasteiger partial charge is 0.240 e. The van der Waals surface area contributed by atoms with Gasteiger partial charge in [0.25, 0.3) is 0 Å². The standard InChI is InChI=1S/C12H15N3O2/c1-3-13-8-11-14-12(15-17-11)9-6-4-5-7-10(9)16-2/h4-7,13H,3,8H2,1-2H3. The lowest BCUT2D eigenvalue weighted by molar-refractivity contribution is 0.369. The van der Waals surface area contributed by atoms with E-state index in [0.717, 1.165) is 17.9 Å². The highest BCUT2D eigenvalue weighted by molar-refractivity contribution is 5.63. The predicted molar refractivity (Wildman–Crippen MR) is 63.7 cm³/mol. The number of nitrogens with one attached hydrogen (secondary N) is 1. The number of aromatic nitrogens is 2. The molecule has 2 rings (SSSR count). The fraction of sp³-hybridized carbons (Fsp3) is 0.333. The molecule has 0 aliphatic rings. The minimum atomic E-state index is 0.551. The Labute approximate surface area is 99.8 Å². The molecule has 0 saturated heterocycles. The van der Waals surface area contributed by atoms with Gasteiger partial charge in [-0.1, -0.05) is 24.2 Å². The zero-order valence-electron chi connectivity index (χ0n) is 9.93. The third-order valence-electron chi connectivity index (χ3n) is 2.34. The van der Waals surface area contributed by atoms with Crippen LogP contribution < -0.4 is 10.1 Å². The molecule has 0 spiro atoms. The summed E-state index contributed by atoms with van der Waals surface area (Å²) in [6.07, 6.45) is 0. The topological polar surface area (TPSA) is 60.2 Å². The van der Waals surface area contributed by atoms with Crippen LogP contribution in [0.15, 0.2) is 28.8 Å². The van der Waals surface area contributed by atoms with Crippen molar-refractivity contribution >= 4 is 0 Å². The van der Waals surface area contributed by atoms with Crippen molar-refractivity contribution in [3.05, 3.63) is 30.2 Å². The molecule has 5 heteroatoms. The van der Waals surface area contributed by atoms with E-state index in [2.05, 4.69) is 15.5 Å². The third kappa shape index (κ3) is 2.62. The first-order chi connectivity index (χ1) is 8.35. The minimum absolute atomic E-state index is 0.551. The maximum Gasteiger partial charge on any atom is 0.240 e. The molecule has 0 radical (unpaired) electrons. The summed E-state index contributed by atoms with van der Waals surface area (Å²) in [7, 11) is 1.62. The Morgan fingerprint density at radius 1 is 1.35 bits per heavy atom. The Balaban J connectivity index is 2.24. The van der Waals surface area contributed by atoms with Gasteiger partial charge in [0, 0.05) is 0 Å². The first-order valence-corrected chi connectivity index (χ1v) is 5.52. The first-order valence-electron chi connectivity index (χ1n) is 5.52. The molecule has 0 amide bonds. The molecule has 0 aliphatic heterocycles. The lowest BCUT2D eigenvalue weighted by Gasteiger charge is -2.02. The van der Waals surface area contributed by atoms with Gasteiger partial charge in [-0.25, -0.2) is 0 Å². The van der Waals surface area contributed by atoms with Gasteiger partial charge < -0.3 is 14.6 Å². The van der Waals surface area contributed by atoms with E-state index in [1.807, 2.05) is 31.2 Å². The number of methoxy groups -OCH3 is 1. The average molecular weight is 233 g/mol. The highest BCUT2D eigenvalue weighted by Gasteiger charge is 2.11. The molecule has 1 N–H and O–H groups in total. The van der Waals surface area contributed by atoms with Gasteiger partial charge in [0.1, 0.15) is 5.75 Å². The van der Waals surface area contributed by atoms with Crippen LogP contribution in [0.5, 0.6) is 5.75 Å². The second-order valence-electron chi connectivity index (χ2n) is 3.49. The van der Waals surface area contributed by atoms with Crippen molar-refractivity contribution in [2.75, 3.05) is 13.7 Å². The zero-order chi connectivity index (χ0) is 12.1. The number of hydrogen-bond acceptors (Lipinski definition) is 5. The number of hydrogen-bond donors (Lipinski definition) is 1. The summed E-state index contributed by atoms with van der Waals surface area (Å²) in [6, 6.07) is 7.59. The van der Waals surface area contributed by atoms with Crippen molar-refractivity contribution in [3.63, 3.8) is 0 Å². The maximum absolute atomic E-state index is 5.25. The van der Waals surface area contributed by atoms with E-state index >= 15 is 0 Å². The molecular weight excluding hydrogens is 218 g/mol. The highest BCUT2D eigenvalue weighted by Crippen LogP contribution is 2.26. The summed E-state index contributed by atoms with van der Waals surface area (Å²) in [5, 5.41) is 7.07. The summed E-state index contributed by atoms with van der Waals surface area (Å²) in [5.41, 5.74) is 0.835. The zero-order valence-corrected chi connectivity index (χ0v) is 9.93. The Morgan fingerprint density at radius 3 is 2.94 bits per heavy atom. The number of nitrogens with zero attached hydrogens (tertiary/aromatic N) is 2. The highest BCUT2D eigenvalue weighted by atomic mass is 16.5. The number of para-hydroxylation sites is 1. The van der Waals surface area contributed by atoms with E-state index < -0.39 is 0 Å². The minimum Gasteiger partial charge on any atom is -0.496 e. The predicted octanol–water partition coefficient (Wildman–Crippen LogP) is 1.85. The van der Waals surface area contributed by atoms with Crippen LogP contribution in [0.25, 0.3) is 11.4 Å². The average Bonchev–Trinajstić information content (AvgIpc) is 2.85. The largest absolute Gasteiger partial charge is 0.496 e. The normalized spacial score (nSPS) is 10.5. The van der Waals surface area contributed by atoms with Gasteiger partial charge in [0.15, 0.2) is 0 Å². The maximum atomic E-state index is 5.25. The third-order valence-corrected chi connectivity index (χ3v) is 2.34. The molecule has 2 aromatic rings. The Kier molecular flexibility index (Phi) is 3.72. The van der Waals surface area contributed by atoms with Gasteiger partial charge in [-0.2, -0.15) is 4.98 Å². The van der Waals surface area contributed by atoms with Crippen molar-refractivity contribution in [1.82, 2.24) is 15.5 Å². The quantitative estimate of drug-likeness (QED) is 0.854. The second kappa shape index (κ2) is 5.45. The van der Waals surface area contributed by atoms with E-state index in [9.17, 15) is 0 Å². The molecule has 1 aromatic heterocycles. The summed E-state index contributed by atoms with van der Waals surface area (Å²) < 4.78 is 10.4. The van der Waals surface area contributed by atoms with E-state index in [1.165, 1.54) is 0 Å². The van der Waals surface area contributed by atoms with Gasteiger partial charge >= 0.3 is 0 Å². The monoisotopic (exact) mass is 233 g/mol.